The predicted octanol–water partition coefficient (Wildman–Crippen LogP) is 2.46. The quantitative estimate of drug-likeness (QED) is 0.800. The summed E-state index contributed by atoms with van der Waals surface area (Å²) in [5, 5.41) is 3.64. The normalized spacial score (nSPS) is 22.3. The summed E-state index contributed by atoms with van der Waals surface area (Å²) in [5.41, 5.74) is 2.77. The maximum absolute atomic E-state index is 4.14. The molecule has 1 aliphatic rings. The van der Waals surface area contributed by atoms with Crippen LogP contribution in [0.3, 0.4) is 0 Å². The molecule has 0 bridgehead atoms. The summed E-state index contributed by atoms with van der Waals surface area (Å²) in [6, 6.07) is 2.83. The molecule has 15 heavy (non-hydrogen) atoms. The lowest BCUT2D eigenvalue weighted by Crippen LogP contribution is -2.30. The van der Waals surface area contributed by atoms with Gasteiger partial charge in [-0.3, -0.25) is 4.98 Å². The van der Waals surface area contributed by atoms with Crippen LogP contribution < -0.4 is 5.32 Å². The number of hydrogen-bond donors (Lipinski definition) is 1. The lowest BCUT2D eigenvalue weighted by molar-refractivity contribution is 0.506. The van der Waals surface area contributed by atoms with Crippen LogP contribution in [0.5, 0.6) is 0 Å². The lowest BCUT2D eigenvalue weighted by atomic mass is 10.00. The van der Waals surface area contributed by atoms with Crippen molar-refractivity contribution >= 4 is 0 Å². The number of pyridine rings is 1. The average Bonchev–Trinajstić information content (AvgIpc) is 2.50. The fourth-order valence-corrected chi connectivity index (χ4v) is 2.27. The molecule has 1 N–H and O–H groups in total. The molecule has 1 fully saturated rings. The number of rotatable bonds is 2. The molecule has 2 rings (SSSR count). The molecule has 2 nitrogen and oxygen atoms in total. The van der Waals surface area contributed by atoms with Crippen LogP contribution in [0.2, 0.25) is 0 Å². The summed E-state index contributed by atoms with van der Waals surface area (Å²) < 4.78 is 0. The van der Waals surface area contributed by atoms with Crippen molar-refractivity contribution in [2.24, 2.45) is 0 Å². The molecular weight excluding hydrogens is 184 g/mol. The van der Waals surface area contributed by atoms with Gasteiger partial charge in [0, 0.05) is 18.4 Å². The van der Waals surface area contributed by atoms with Crippen molar-refractivity contribution in [1.29, 1.82) is 0 Å². The Morgan fingerprint density at radius 2 is 2.33 bits per heavy atom. The second kappa shape index (κ2) is 5.26. The Kier molecular flexibility index (Phi) is 3.73. The second-order valence-electron chi connectivity index (χ2n) is 4.51. The minimum Gasteiger partial charge on any atom is -0.314 e. The molecule has 2 heterocycles. The Hall–Kier alpha value is -0.890. The Labute approximate surface area is 92.1 Å². The highest BCUT2D eigenvalue weighted by Crippen LogP contribution is 2.14. The van der Waals surface area contributed by atoms with E-state index in [0.717, 1.165) is 6.42 Å². The zero-order chi connectivity index (χ0) is 10.5. The molecule has 0 unspecified atom stereocenters. The van der Waals surface area contributed by atoms with Gasteiger partial charge in [-0.05, 0) is 49.9 Å². The Morgan fingerprint density at radius 1 is 1.40 bits per heavy atom. The van der Waals surface area contributed by atoms with Crippen LogP contribution in [0.15, 0.2) is 18.5 Å². The van der Waals surface area contributed by atoms with Gasteiger partial charge in [-0.1, -0.05) is 12.8 Å². The number of aromatic nitrogens is 1. The third-order valence-electron chi connectivity index (χ3n) is 3.27. The van der Waals surface area contributed by atoms with E-state index in [9.17, 15) is 0 Å². The van der Waals surface area contributed by atoms with Crippen LogP contribution in [0.25, 0.3) is 0 Å². The topological polar surface area (TPSA) is 24.9 Å². The van der Waals surface area contributed by atoms with Gasteiger partial charge < -0.3 is 5.32 Å². The van der Waals surface area contributed by atoms with Crippen molar-refractivity contribution in [3.8, 4) is 0 Å². The van der Waals surface area contributed by atoms with Crippen LogP contribution in [0.4, 0.5) is 0 Å². The highest BCUT2D eigenvalue weighted by molar-refractivity contribution is 5.22. The monoisotopic (exact) mass is 204 g/mol. The van der Waals surface area contributed by atoms with E-state index < -0.39 is 0 Å². The van der Waals surface area contributed by atoms with E-state index in [1.54, 1.807) is 0 Å². The Morgan fingerprint density at radius 3 is 3.20 bits per heavy atom. The summed E-state index contributed by atoms with van der Waals surface area (Å²) >= 11 is 0. The molecule has 0 aromatic carbocycles. The number of aryl methyl sites for hydroxylation is 1. The standard InChI is InChI=1S/C13H20N2/c1-11-10-14-8-6-12(11)9-13-5-3-2-4-7-15-13/h6,8,10,13,15H,2-5,7,9H2,1H3/t13-/m1/s1. The van der Waals surface area contributed by atoms with E-state index in [-0.39, 0.29) is 0 Å². The Bertz CT molecular complexity index is 301. The van der Waals surface area contributed by atoms with Gasteiger partial charge >= 0.3 is 0 Å². The molecule has 0 amide bonds. The molecule has 0 radical (unpaired) electrons. The van der Waals surface area contributed by atoms with E-state index in [1.165, 1.54) is 43.4 Å². The minimum absolute atomic E-state index is 0.675. The van der Waals surface area contributed by atoms with Crippen LogP contribution in [0, 0.1) is 6.92 Å². The maximum atomic E-state index is 4.14. The predicted molar refractivity (Wildman–Crippen MR) is 62.9 cm³/mol. The Balaban J connectivity index is 1.98. The van der Waals surface area contributed by atoms with E-state index in [4.69, 9.17) is 0 Å². The zero-order valence-corrected chi connectivity index (χ0v) is 9.50. The van der Waals surface area contributed by atoms with Crippen molar-refractivity contribution in [3.05, 3.63) is 29.6 Å². The molecule has 1 atom stereocenters. The van der Waals surface area contributed by atoms with Gasteiger partial charge in [-0.25, -0.2) is 0 Å². The summed E-state index contributed by atoms with van der Waals surface area (Å²) in [6.07, 6.45) is 10.5. The average molecular weight is 204 g/mol. The third kappa shape index (κ3) is 3.03. The maximum Gasteiger partial charge on any atom is 0.0299 e. The first-order valence-corrected chi connectivity index (χ1v) is 5.99. The van der Waals surface area contributed by atoms with Crippen LogP contribution >= 0.6 is 0 Å². The third-order valence-corrected chi connectivity index (χ3v) is 3.27. The largest absolute Gasteiger partial charge is 0.314 e. The number of nitrogens with zero attached hydrogens (tertiary/aromatic N) is 1. The zero-order valence-electron chi connectivity index (χ0n) is 9.50. The van der Waals surface area contributed by atoms with Gasteiger partial charge in [0.1, 0.15) is 0 Å². The molecule has 1 aromatic rings. The number of nitrogens with one attached hydrogen (secondary N) is 1. The van der Waals surface area contributed by atoms with Gasteiger partial charge in [-0.2, -0.15) is 0 Å². The van der Waals surface area contributed by atoms with E-state index in [0.29, 0.717) is 6.04 Å². The summed E-state index contributed by atoms with van der Waals surface area (Å²) in [6.45, 7) is 3.34. The molecule has 1 aromatic heterocycles. The second-order valence-corrected chi connectivity index (χ2v) is 4.51. The summed E-state index contributed by atoms with van der Waals surface area (Å²) in [4.78, 5) is 4.14. The molecular formula is C13H20N2. The molecule has 2 heteroatoms. The van der Waals surface area contributed by atoms with Gasteiger partial charge in [0.25, 0.3) is 0 Å². The molecule has 0 saturated carbocycles. The molecule has 82 valence electrons. The summed E-state index contributed by atoms with van der Waals surface area (Å²) in [7, 11) is 0. The first kappa shape index (κ1) is 10.6. The van der Waals surface area contributed by atoms with Crippen LogP contribution in [-0.2, 0) is 6.42 Å². The van der Waals surface area contributed by atoms with Crippen LogP contribution in [0.1, 0.15) is 36.8 Å². The highest BCUT2D eigenvalue weighted by atomic mass is 14.9. The SMILES string of the molecule is Cc1cnccc1C[C@H]1CCCCCN1. The van der Waals surface area contributed by atoms with Gasteiger partial charge in [0.05, 0.1) is 0 Å². The van der Waals surface area contributed by atoms with Crippen molar-refractivity contribution in [1.82, 2.24) is 10.3 Å². The van der Waals surface area contributed by atoms with Gasteiger partial charge in [-0.15, -0.1) is 0 Å². The molecule has 1 saturated heterocycles. The van der Waals surface area contributed by atoms with Crippen molar-refractivity contribution in [2.75, 3.05) is 6.54 Å². The lowest BCUT2D eigenvalue weighted by Gasteiger charge is -2.16. The number of hydrogen-bond acceptors (Lipinski definition) is 2. The van der Waals surface area contributed by atoms with E-state index in [2.05, 4.69) is 23.3 Å². The summed E-state index contributed by atoms with van der Waals surface area (Å²) in [5.74, 6) is 0. The van der Waals surface area contributed by atoms with E-state index in [1.807, 2.05) is 12.4 Å². The molecule has 1 aliphatic heterocycles. The first-order valence-electron chi connectivity index (χ1n) is 5.99. The first-order chi connectivity index (χ1) is 7.36. The van der Waals surface area contributed by atoms with Crippen molar-refractivity contribution in [3.63, 3.8) is 0 Å². The smallest absolute Gasteiger partial charge is 0.0299 e. The fourth-order valence-electron chi connectivity index (χ4n) is 2.27. The molecule has 0 aliphatic carbocycles. The molecule has 0 spiro atoms. The van der Waals surface area contributed by atoms with E-state index >= 15 is 0 Å². The minimum atomic E-state index is 0.675. The highest BCUT2D eigenvalue weighted by Gasteiger charge is 2.12. The fraction of sp³-hybridized carbons (Fsp3) is 0.615. The van der Waals surface area contributed by atoms with Gasteiger partial charge in [0.2, 0.25) is 0 Å². The van der Waals surface area contributed by atoms with Gasteiger partial charge in [0.15, 0.2) is 0 Å². The van der Waals surface area contributed by atoms with Crippen LogP contribution in [-0.4, -0.2) is 17.6 Å². The van der Waals surface area contributed by atoms with Crippen molar-refractivity contribution < 1.29 is 0 Å². The van der Waals surface area contributed by atoms with Crippen molar-refractivity contribution in [2.45, 2.75) is 45.1 Å².